The highest BCUT2D eigenvalue weighted by Gasteiger charge is 2.28. The van der Waals surface area contributed by atoms with Crippen molar-refractivity contribution < 1.29 is 4.79 Å². The van der Waals surface area contributed by atoms with E-state index >= 15 is 0 Å². The highest BCUT2D eigenvalue weighted by molar-refractivity contribution is 7.99. The maximum Gasteiger partial charge on any atom is 0.251 e. The van der Waals surface area contributed by atoms with Crippen molar-refractivity contribution in [2.24, 2.45) is 0 Å². The Labute approximate surface area is 143 Å². The van der Waals surface area contributed by atoms with Crippen molar-refractivity contribution in [3.8, 4) is 0 Å². The Hall–Kier alpha value is -0.750. The molecule has 1 amide bonds. The van der Waals surface area contributed by atoms with E-state index < -0.39 is 0 Å². The highest BCUT2D eigenvalue weighted by Crippen LogP contribution is 2.19. The predicted molar refractivity (Wildman–Crippen MR) is 97.8 cm³/mol. The third kappa shape index (κ3) is 5.16. The SMILES string of the molecule is CCSCC(=O)N1CCCN1C(=S)NCCC1=CCCCC1. The van der Waals surface area contributed by atoms with Crippen LogP contribution in [0.3, 0.4) is 0 Å². The van der Waals surface area contributed by atoms with Crippen molar-refractivity contribution in [1.82, 2.24) is 15.3 Å². The Balaban J connectivity index is 1.75. The lowest BCUT2D eigenvalue weighted by Crippen LogP contribution is -2.49. The average Bonchev–Trinajstić information content (AvgIpc) is 3.03. The summed E-state index contributed by atoms with van der Waals surface area (Å²) in [5.41, 5.74) is 1.55. The fourth-order valence-electron chi connectivity index (χ4n) is 2.90. The number of thioether (sulfide) groups is 1. The number of nitrogens with zero attached hydrogens (tertiary/aromatic N) is 2. The van der Waals surface area contributed by atoms with Gasteiger partial charge in [0.25, 0.3) is 5.91 Å². The van der Waals surface area contributed by atoms with E-state index in [0.717, 1.165) is 38.2 Å². The summed E-state index contributed by atoms with van der Waals surface area (Å²) in [4.78, 5) is 12.2. The van der Waals surface area contributed by atoms with Gasteiger partial charge in [-0.05, 0) is 56.5 Å². The molecule has 0 aromatic rings. The Morgan fingerprint density at radius 2 is 2.14 bits per heavy atom. The van der Waals surface area contributed by atoms with Crippen LogP contribution >= 0.6 is 24.0 Å². The zero-order chi connectivity index (χ0) is 15.8. The molecule has 0 bridgehead atoms. The minimum absolute atomic E-state index is 0.170. The van der Waals surface area contributed by atoms with Crippen molar-refractivity contribution in [3.63, 3.8) is 0 Å². The second-order valence-electron chi connectivity index (χ2n) is 5.72. The molecule has 4 nitrogen and oxygen atoms in total. The average molecular weight is 342 g/mol. The van der Waals surface area contributed by atoms with E-state index in [4.69, 9.17) is 12.2 Å². The summed E-state index contributed by atoms with van der Waals surface area (Å²) in [6, 6.07) is 0. The minimum Gasteiger partial charge on any atom is -0.361 e. The van der Waals surface area contributed by atoms with Crippen molar-refractivity contribution in [2.75, 3.05) is 31.1 Å². The van der Waals surface area contributed by atoms with Gasteiger partial charge in [-0.3, -0.25) is 14.8 Å². The predicted octanol–water partition coefficient (Wildman–Crippen LogP) is 2.95. The number of allylic oxidation sites excluding steroid dienone is 1. The molecule has 2 aliphatic rings. The standard InChI is InChI=1S/C16H27N3OS2/c1-2-22-13-15(20)18-11-6-12-19(18)16(21)17-10-9-14-7-4-3-5-8-14/h7H,2-6,8-13H2,1H3,(H,17,21). The lowest BCUT2D eigenvalue weighted by Gasteiger charge is -2.30. The molecule has 1 heterocycles. The first-order valence-corrected chi connectivity index (χ1v) is 9.90. The largest absolute Gasteiger partial charge is 0.361 e. The van der Waals surface area contributed by atoms with Crippen LogP contribution in [0.4, 0.5) is 0 Å². The third-order valence-electron chi connectivity index (χ3n) is 4.09. The van der Waals surface area contributed by atoms with Gasteiger partial charge in [0.05, 0.1) is 5.75 Å². The lowest BCUT2D eigenvalue weighted by atomic mass is 9.97. The number of amides is 1. The number of hydrogen-bond acceptors (Lipinski definition) is 3. The van der Waals surface area contributed by atoms with E-state index in [0.29, 0.717) is 10.9 Å². The molecule has 0 spiro atoms. The van der Waals surface area contributed by atoms with Crippen LogP contribution in [0.1, 0.15) is 45.4 Å². The first-order valence-electron chi connectivity index (χ1n) is 8.33. The molecule has 1 N–H and O–H groups in total. The maximum absolute atomic E-state index is 12.2. The smallest absolute Gasteiger partial charge is 0.251 e. The summed E-state index contributed by atoms with van der Waals surface area (Å²) in [5.74, 6) is 1.68. The number of thiocarbonyl (C=S) groups is 1. The first kappa shape index (κ1) is 17.6. The lowest BCUT2D eigenvalue weighted by molar-refractivity contribution is -0.135. The van der Waals surface area contributed by atoms with Crippen LogP contribution < -0.4 is 5.32 Å². The van der Waals surface area contributed by atoms with Gasteiger partial charge in [-0.1, -0.05) is 18.6 Å². The van der Waals surface area contributed by atoms with Gasteiger partial charge in [0.1, 0.15) is 0 Å². The third-order valence-corrected chi connectivity index (χ3v) is 5.31. The summed E-state index contributed by atoms with van der Waals surface area (Å²) in [6.45, 7) is 4.58. The van der Waals surface area contributed by atoms with Crippen LogP contribution in [-0.4, -0.2) is 52.2 Å². The van der Waals surface area contributed by atoms with Crippen LogP contribution in [0.5, 0.6) is 0 Å². The van der Waals surface area contributed by atoms with Crippen LogP contribution in [0.25, 0.3) is 0 Å². The molecule has 1 aliphatic carbocycles. The zero-order valence-corrected chi connectivity index (χ0v) is 15.1. The molecule has 0 radical (unpaired) electrons. The summed E-state index contributed by atoms with van der Waals surface area (Å²) < 4.78 is 0. The van der Waals surface area contributed by atoms with Gasteiger partial charge in [0.2, 0.25) is 0 Å². The highest BCUT2D eigenvalue weighted by atomic mass is 32.2. The van der Waals surface area contributed by atoms with Crippen molar-refractivity contribution in [3.05, 3.63) is 11.6 Å². The van der Waals surface area contributed by atoms with Crippen LogP contribution in [0, 0.1) is 0 Å². The van der Waals surface area contributed by atoms with Crippen LogP contribution in [0.2, 0.25) is 0 Å². The van der Waals surface area contributed by atoms with Crippen molar-refractivity contribution in [1.29, 1.82) is 0 Å². The Kier molecular flexibility index (Phi) is 7.52. The molecule has 6 heteroatoms. The van der Waals surface area contributed by atoms with E-state index in [1.165, 1.54) is 25.7 Å². The number of carbonyl (C=O) groups is 1. The maximum atomic E-state index is 12.2. The van der Waals surface area contributed by atoms with Gasteiger partial charge < -0.3 is 5.32 Å². The van der Waals surface area contributed by atoms with Crippen molar-refractivity contribution in [2.45, 2.75) is 45.4 Å². The van der Waals surface area contributed by atoms with E-state index in [1.807, 2.05) is 10.0 Å². The van der Waals surface area contributed by atoms with Gasteiger partial charge in [-0.2, -0.15) is 11.8 Å². The molecule has 124 valence electrons. The van der Waals surface area contributed by atoms with Gasteiger partial charge in [0, 0.05) is 19.6 Å². The molecule has 0 atom stereocenters. The zero-order valence-electron chi connectivity index (χ0n) is 13.5. The Bertz CT molecular complexity index is 426. The first-order chi connectivity index (χ1) is 10.7. The second-order valence-corrected chi connectivity index (χ2v) is 7.38. The van der Waals surface area contributed by atoms with E-state index in [9.17, 15) is 4.79 Å². The molecule has 1 saturated heterocycles. The molecule has 0 aromatic heterocycles. The summed E-state index contributed by atoms with van der Waals surface area (Å²) in [5, 5.41) is 7.79. The molecule has 1 fully saturated rings. The molecular weight excluding hydrogens is 314 g/mol. The molecule has 2 rings (SSSR count). The number of hydrazine groups is 1. The quantitative estimate of drug-likeness (QED) is 0.594. The number of hydrogen-bond donors (Lipinski definition) is 1. The molecule has 1 aliphatic heterocycles. The fraction of sp³-hybridized carbons (Fsp3) is 0.750. The van der Waals surface area contributed by atoms with Gasteiger partial charge >= 0.3 is 0 Å². The topological polar surface area (TPSA) is 35.6 Å². The Morgan fingerprint density at radius 1 is 1.32 bits per heavy atom. The second kappa shape index (κ2) is 9.40. The fourth-order valence-corrected chi connectivity index (χ4v) is 3.72. The van der Waals surface area contributed by atoms with Gasteiger partial charge in [0.15, 0.2) is 5.11 Å². The Morgan fingerprint density at radius 3 is 2.86 bits per heavy atom. The summed E-state index contributed by atoms with van der Waals surface area (Å²) >= 11 is 7.15. The van der Waals surface area contributed by atoms with Gasteiger partial charge in [-0.15, -0.1) is 0 Å². The van der Waals surface area contributed by atoms with Gasteiger partial charge in [-0.25, -0.2) is 0 Å². The van der Waals surface area contributed by atoms with E-state index in [-0.39, 0.29) is 5.91 Å². The molecule has 0 saturated carbocycles. The molecule has 22 heavy (non-hydrogen) atoms. The van der Waals surface area contributed by atoms with Crippen LogP contribution in [-0.2, 0) is 4.79 Å². The number of rotatable bonds is 6. The van der Waals surface area contributed by atoms with Crippen molar-refractivity contribution >= 4 is 35.0 Å². The number of carbonyl (C=O) groups excluding carboxylic acids is 1. The summed E-state index contributed by atoms with van der Waals surface area (Å²) in [6.07, 6.45) is 9.54. The molecule has 0 aromatic carbocycles. The normalized spacial score (nSPS) is 18.3. The number of nitrogens with one attached hydrogen (secondary N) is 1. The molecular formula is C16H27N3OS2. The monoisotopic (exact) mass is 341 g/mol. The minimum atomic E-state index is 0.170. The molecule has 0 unspecified atom stereocenters. The van der Waals surface area contributed by atoms with Crippen LogP contribution in [0.15, 0.2) is 11.6 Å². The van der Waals surface area contributed by atoms with E-state index in [1.54, 1.807) is 17.3 Å². The van der Waals surface area contributed by atoms with E-state index in [2.05, 4.69) is 18.3 Å². The summed E-state index contributed by atoms with van der Waals surface area (Å²) in [7, 11) is 0.